The van der Waals surface area contributed by atoms with Crippen molar-refractivity contribution in [2.45, 2.75) is 72.0 Å². The Morgan fingerprint density at radius 2 is 1.55 bits per heavy atom. The second kappa shape index (κ2) is 11.0. The lowest BCUT2D eigenvalue weighted by atomic mass is 10.0. The fraction of sp³-hybridized carbons (Fsp3) is 0.440. The van der Waals surface area contributed by atoms with E-state index < -0.39 is 11.6 Å². The van der Waals surface area contributed by atoms with Gasteiger partial charge in [0.25, 0.3) is 0 Å². The van der Waals surface area contributed by atoms with E-state index in [4.69, 9.17) is 23.2 Å². The van der Waals surface area contributed by atoms with E-state index in [-0.39, 0.29) is 18.4 Å². The number of hydrogen-bond donors (Lipinski definition) is 1. The van der Waals surface area contributed by atoms with Gasteiger partial charge in [0, 0.05) is 34.1 Å². The summed E-state index contributed by atoms with van der Waals surface area (Å²) in [5.74, 6) is -0.330. The molecular weight excluding hydrogens is 431 g/mol. The molecule has 4 nitrogen and oxygen atoms in total. The van der Waals surface area contributed by atoms with E-state index in [1.807, 2.05) is 20.8 Å². The summed E-state index contributed by atoms with van der Waals surface area (Å²) in [6, 6.07) is 12.8. The van der Waals surface area contributed by atoms with Gasteiger partial charge in [0.15, 0.2) is 0 Å². The molecule has 0 spiro atoms. The molecular formula is C25H32Cl2N2O2. The Balaban J connectivity index is 2.22. The third-order valence-corrected chi connectivity index (χ3v) is 5.82. The first-order chi connectivity index (χ1) is 14.5. The van der Waals surface area contributed by atoms with Crippen LogP contribution in [0.1, 0.15) is 57.7 Å². The van der Waals surface area contributed by atoms with E-state index in [1.165, 1.54) is 5.56 Å². The van der Waals surface area contributed by atoms with Gasteiger partial charge in [-0.2, -0.15) is 0 Å². The summed E-state index contributed by atoms with van der Waals surface area (Å²) < 4.78 is 0. The van der Waals surface area contributed by atoms with Crippen molar-refractivity contribution < 1.29 is 9.59 Å². The van der Waals surface area contributed by atoms with Crippen molar-refractivity contribution in [1.29, 1.82) is 0 Å². The van der Waals surface area contributed by atoms with Crippen LogP contribution < -0.4 is 5.32 Å². The van der Waals surface area contributed by atoms with Crippen LogP contribution in [-0.2, 0) is 29.0 Å². The summed E-state index contributed by atoms with van der Waals surface area (Å²) >= 11 is 12.7. The van der Waals surface area contributed by atoms with Crippen molar-refractivity contribution in [2.24, 2.45) is 0 Å². The number of aryl methyl sites for hydroxylation is 2. The Morgan fingerprint density at radius 1 is 1.00 bits per heavy atom. The van der Waals surface area contributed by atoms with E-state index >= 15 is 0 Å². The quantitative estimate of drug-likeness (QED) is 0.536. The lowest BCUT2D eigenvalue weighted by Gasteiger charge is -2.32. The molecule has 2 aromatic carbocycles. The fourth-order valence-electron chi connectivity index (χ4n) is 3.25. The maximum Gasteiger partial charge on any atom is 0.242 e. The van der Waals surface area contributed by atoms with Crippen LogP contribution in [0.2, 0.25) is 10.0 Å². The van der Waals surface area contributed by atoms with Gasteiger partial charge in [-0.05, 0) is 63.8 Å². The summed E-state index contributed by atoms with van der Waals surface area (Å²) in [6.07, 6.45) is 1.87. The van der Waals surface area contributed by atoms with Crippen LogP contribution in [0.3, 0.4) is 0 Å². The molecule has 168 valence electrons. The number of hydrogen-bond acceptors (Lipinski definition) is 2. The van der Waals surface area contributed by atoms with E-state index in [1.54, 1.807) is 30.0 Å². The van der Waals surface area contributed by atoms with Gasteiger partial charge in [-0.1, -0.05) is 60.5 Å². The Bertz CT molecular complexity index is 884. The molecule has 0 saturated carbocycles. The molecule has 0 heterocycles. The standard InChI is InChI=1S/C25H32Cl2N2O2/c1-6-18-10-12-19(13-11-18)14-15-23(30)29(17(2)24(31)28-25(3,4)5)16-20-21(26)8-7-9-22(20)27/h7-13,17H,6,14-16H2,1-5H3,(H,28,31)/t17-/m1/s1. The number of carbonyl (C=O) groups excluding carboxylic acids is 2. The molecule has 0 fully saturated rings. The summed E-state index contributed by atoms with van der Waals surface area (Å²) in [6.45, 7) is 9.75. The van der Waals surface area contributed by atoms with Crippen LogP contribution in [0.5, 0.6) is 0 Å². The van der Waals surface area contributed by atoms with Gasteiger partial charge in [-0.3, -0.25) is 9.59 Å². The van der Waals surface area contributed by atoms with Gasteiger partial charge in [0.2, 0.25) is 11.8 Å². The highest BCUT2D eigenvalue weighted by Gasteiger charge is 2.29. The molecule has 2 amide bonds. The number of nitrogens with one attached hydrogen (secondary N) is 1. The number of carbonyl (C=O) groups is 2. The average Bonchev–Trinajstić information content (AvgIpc) is 2.70. The van der Waals surface area contributed by atoms with Crippen molar-refractivity contribution in [1.82, 2.24) is 10.2 Å². The van der Waals surface area contributed by atoms with Crippen LogP contribution in [0.25, 0.3) is 0 Å². The minimum Gasteiger partial charge on any atom is -0.350 e. The predicted octanol–water partition coefficient (Wildman–Crippen LogP) is 5.82. The first kappa shape index (κ1) is 25.2. The van der Waals surface area contributed by atoms with Crippen molar-refractivity contribution in [3.05, 3.63) is 69.2 Å². The minimum absolute atomic E-state index is 0.118. The average molecular weight is 463 g/mol. The lowest BCUT2D eigenvalue weighted by molar-refractivity contribution is -0.141. The molecule has 0 unspecified atom stereocenters. The van der Waals surface area contributed by atoms with E-state index in [0.29, 0.717) is 28.5 Å². The third kappa shape index (κ3) is 7.55. The molecule has 2 aromatic rings. The van der Waals surface area contributed by atoms with Crippen molar-refractivity contribution in [3.63, 3.8) is 0 Å². The molecule has 0 aliphatic heterocycles. The number of benzene rings is 2. The molecule has 6 heteroatoms. The van der Waals surface area contributed by atoms with Crippen molar-refractivity contribution in [2.75, 3.05) is 0 Å². The van der Waals surface area contributed by atoms with Crippen molar-refractivity contribution in [3.8, 4) is 0 Å². The zero-order valence-corrected chi connectivity index (χ0v) is 20.5. The second-order valence-electron chi connectivity index (χ2n) is 8.81. The molecule has 0 aromatic heterocycles. The molecule has 1 atom stereocenters. The molecule has 0 aliphatic carbocycles. The molecule has 0 aliphatic rings. The van der Waals surface area contributed by atoms with Crippen LogP contribution >= 0.6 is 23.2 Å². The second-order valence-corrected chi connectivity index (χ2v) is 9.62. The summed E-state index contributed by atoms with van der Waals surface area (Å²) in [4.78, 5) is 27.6. The SMILES string of the molecule is CCc1ccc(CCC(=O)N(Cc2c(Cl)cccc2Cl)[C@H](C)C(=O)NC(C)(C)C)cc1. The minimum atomic E-state index is -0.665. The molecule has 2 rings (SSSR count). The Hall–Kier alpha value is -2.04. The van der Waals surface area contributed by atoms with Gasteiger partial charge in [0.05, 0.1) is 0 Å². The highest BCUT2D eigenvalue weighted by atomic mass is 35.5. The predicted molar refractivity (Wildman–Crippen MR) is 129 cm³/mol. The van der Waals surface area contributed by atoms with E-state index in [2.05, 4.69) is 36.5 Å². The first-order valence-corrected chi connectivity index (χ1v) is 11.4. The molecule has 1 N–H and O–H groups in total. The van der Waals surface area contributed by atoms with Crippen molar-refractivity contribution >= 4 is 35.0 Å². The lowest BCUT2D eigenvalue weighted by Crippen LogP contribution is -2.52. The largest absolute Gasteiger partial charge is 0.350 e. The monoisotopic (exact) mass is 462 g/mol. The van der Waals surface area contributed by atoms with Crippen LogP contribution in [0.15, 0.2) is 42.5 Å². The number of amides is 2. The molecule has 0 saturated heterocycles. The Labute approximate surface area is 195 Å². The van der Waals surface area contributed by atoms with Gasteiger partial charge in [0.1, 0.15) is 6.04 Å². The zero-order valence-electron chi connectivity index (χ0n) is 19.0. The summed E-state index contributed by atoms with van der Waals surface area (Å²) in [7, 11) is 0. The highest BCUT2D eigenvalue weighted by Crippen LogP contribution is 2.27. The number of halogens is 2. The van der Waals surface area contributed by atoms with Gasteiger partial charge in [-0.15, -0.1) is 0 Å². The first-order valence-electron chi connectivity index (χ1n) is 10.6. The normalized spacial score (nSPS) is 12.4. The molecule has 31 heavy (non-hydrogen) atoms. The summed E-state index contributed by atoms with van der Waals surface area (Å²) in [5, 5.41) is 3.91. The Morgan fingerprint density at radius 3 is 2.06 bits per heavy atom. The van der Waals surface area contributed by atoms with E-state index in [0.717, 1.165) is 12.0 Å². The molecule has 0 bridgehead atoms. The maximum absolute atomic E-state index is 13.2. The summed E-state index contributed by atoms with van der Waals surface area (Å²) in [5.41, 5.74) is 2.59. The van der Waals surface area contributed by atoms with Gasteiger partial charge >= 0.3 is 0 Å². The zero-order chi connectivity index (χ0) is 23.2. The fourth-order valence-corrected chi connectivity index (χ4v) is 3.76. The molecule has 0 radical (unpaired) electrons. The van der Waals surface area contributed by atoms with Crippen LogP contribution in [-0.4, -0.2) is 28.3 Å². The van der Waals surface area contributed by atoms with E-state index in [9.17, 15) is 9.59 Å². The topological polar surface area (TPSA) is 49.4 Å². The van der Waals surface area contributed by atoms with Crippen LogP contribution in [0, 0.1) is 0 Å². The number of rotatable bonds is 8. The smallest absolute Gasteiger partial charge is 0.242 e. The van der Waals surface area contributed by atoms with Gasteiger partial charge in [-0.25, -0.2) is 0 Å². The van der Waals surface area contributed by atoms with Gasteiger partial charge < -0.3 is 10.2 Å². The maximum atomic E-state index is 13.2. The third-order valence-electron chi connectivity index (χ3n) is 5.11. The number of nitrogens with zero attached hydrogens (tertiary/aromatic N) is 1. The highest BCUT2D eigenvalue weighted by molar-refractivity contribution is 6.36. The van der Waals surface area contributed by atoms with Crippen LogP contribution in [0.4, 0.5) is 0 Å². The Kier molecular flexibility index (Phi) is 8.96.